The highest BCUT2D eigenvalue weighted by Crippen LogP contribution is 2.39. The van der Waals surface area contributed by atoms with Gasteiger partial charge < -0.3 is 26.0 Å². The zero-order valence-corrected chi connectivity index (χ0v) is 15.1. The van der Waals surface area contributed by atoms with Gasteiger partial charge in [-0.2, -0.15) is 5.10 Å². The number of fused-ring (bicyclic) bond motifs is 1. The number of aromatic nitrogens is 2. The molecule has 2 amide bonds. The molecule has 8 nitrogen and oxygen atoms in total. The quantitative estimate of drug-likeness (QED) is 0.553. The van der Waals surface area contributed by atoms with Gasteiger partial charge >= 0.3 is 6.03 Å². The molecule has 0 saturated heterocycles. The standard InChI is InChI=1S/C19H19FN6O2/c1-11-2-7-14(20)15(10-11)23-19(27)22-12-3-5-13(6-4-12)26-8-9-28-18-16(26)17(21)24-25-18/h2-7,10H,8-9H2,1H3,(H3,21,24,25)(H2,22,23,27). The molecule has 0 fully saturated rings. The van der Waals surface area contributed by atoms with E-state index < -0.39 is 11.8 Å². The lowest BCUT2D eigenvalue weighted by Crippen LogP contribution is -2.28. The summed E-state index contributed by atoms with van der Waals surface area (Å²) >= 11 is 0. The summed E-state index contributed by atoms with van der Waals surface area (Å²) in [6.07, 6.45) is 0. The van der Waals surface area contributed by atoms with E-state index >= 15 is 0 Å². The zero-order chi connectivity index (χ0) is 19.7. The molecular formula is C19H19FN6O2. The lowest BCUT2D eigenvalue weighted by atomic mass is 10.2. The van der Waals surface area contributed by atoms with Crippen molar-refractivity contribution < 1.29 is 13.9 Å². The highest BCUT2D eigenvalue weighted by atomic mass is 19.1. The number of hydrogen-bond donors (Lipinski definition) is 4. The average Bonchev–Trinajstić information content (AvgIpc) is 3.07. The molecular weight excluding hydrogens is 363 g/mol. The van der Waals surface area contributed by atoms with Gasteiger partial charge in [-0.05, 0) is 48.9 Å². The minimum absolute atomic E-state index is 0.130. The second-order valence-corrected chi connectivity index (χ2v) is 6.40. The molecule has 0 aliphatic carbocycles. The predicted molar refractivity (Wildman–Crippen MR) is 106 cm³/mol. The first kappa shape index (κ1) is 17.7. The number of hydrogen-bond acceptors (Lipinski definition) is 5. The monoisotopic (exact) mass is 382 g/mol. The minimum Gasteiger partial charge on any atom is -0.475 e. The molecule has 0 atom stereocenters. The number of urea groups is 1. The Hall–Kier alpha value is -3.75. The Morgan fingerprint density at radius 1 is 1.25 bits per heavy atom. The molecule has 9 heteroatoms. The van der Waals surface area contributed by atoms with Gasteiger partial charge in [-0.3, -0.25) is 0 Å². The van der Waals surface area contributed by atoms with E-state index in [0.29, 0.717) is 36.2 Å². The zero-order valence-electron chi connectivity index (χ0n) is 15.1. The number of ether oxygens (including phenoxy) is 1. The summed E-state index contributed by atoms with van der Waals surface area (Å²) in [7, 11) is 0. The van der Waals surface area contributed by atoms with E-state index in [1.807, 2.05) is 24.0 Å². The van der Waals surface area contributed by atoms with Crippen LogP contribution in [0.15, 0.2) is 42.5 Å². The Kier molecular flexibility index (Phi) is 4.48. The Morgan fingerprint density at radius 2 is 2.04 bits per heavy atom. The van der Waals surface area contributed by atoms with E-state index in [4.69, 9.17) is 10.5 Å². The first-order valence-electron chi connectivity index (χ1n) is 8.69. The van der Waals surface area contributed by atoms with Crippen molar-refractivity contribution in [1.29, 1.82) is 0 Å². The normalized spacial score (nSPS) is 12.9. The van der Waals surface area contributed by atoms with Crippen molar-refractivity contribution in [3.8, 4) is 5.88 Å². The second kappa shape index (κ2) is 7.10. The number of carbonyl (C=O) groups is 1. The topological polar surface area (TPSA) is 108 Å². The van der Waals surface area contributed by atoms with Crippen molar-refractivity contribution in [3.05, 3.63) is 53.8 Å². The van der Waals surface area contributed by atoms with Crippen molar-refractivity contribution in [3.63, 3.8) is 0 Å². The Morgan fingerprint density at radius 3 is 2.82 bits per heavy atom. The lowest BCUT2D eigenvalue weighted by molar-refractivity contribution is 0.262. The van der Waals surface area contributed by atoms with Crippen LogP contribution < -0.4 is 26.0 Å². The van der Waals surface area contributed by atoms with Crippen molar-refractivity contribution in [2.45, 2.75) is 6.92 Å². The molecule has 1 aliphatic rings. The summed E-state index contributed by atoms with van der Waals surface area (Å²) in [5.74, 6) is 0.402. The molecule has 0 unspecified atom stereocenters. The number of nitrogens with zero attached hydrogens (tertiary/aromatic N) is 2. The van der Waals surface area contributed by atoms with Gasteiger partial charge in [0.05, 0.1) is 12.2 Å². The van der Waals surface area contributed by atoms with E-state index in [1.165, 1.54) is 6.07 Å². The number of benzene rings is 2. The Bertz CT molecular complexity index is 1020. The molecule has 5 N–H and O–H groups in total. The van der Waals surface area contributed by atoms with Gasteiger partial charge in [-0.15, -0.1) is 0 Å². The largest absolute Gasteiger partial charge is 0.475 e. The van der Waals surface area contributed by atoms with Crippen LogP contribution in [0, 0.1) is 12.7 Å². The van der Waals surface area contributed by atoms with Crippen molar-refractivity contribution in [2.75, 3.05) is 34.4 Å². The highest BCUT2D eigenvalue weighted by molar-refractivity contribution is 6.00. The second-order valence-electron chi connectivity index (χ2n) is 6.40. The smallest absolute Gasteiger partial charge is 0.323 e. The molecule has 2 heterocycles. The lowest BCUT2D eigenvalue weighted by Gasteiger charge is -2.28. The maximum atomic E-state index is 13.8. The van der Waals surface area contributed by atoms with Crippen LogP contribution in [0.1, 0.15) is 5.56 Å². The number of nitrogen functional groups attached to an aromatic ring is 1. The van der Waals surface area contributed by atoms with Gasteiger partial charge in [0.1, 0.15) is 18.1 Å². The number of aryl methyl sites for hydroxylation is 1. The summed E-state index contributed by atoms with van der Waals surface area (Å²) < 4.78 is 19.3. The fraction of sp³-hybridized carbons (Fsp3) is 0.158. The van der Waals surface area contributed by atoms with Gasteiger partial charge in [0.25, 0.3) is 0 Å². The third-order valence-corrected chi connectivity index (χ3v) is 4.37. The fourth-order valence-corrected chi connectivity index (χ4v) is 3.05. The van der Waals surface area contributed by atoms with Crippen molar-refractivity contribution >= 4 is 34.6 Å². The van der Waals surface area contributed by atoms with Crippen LogP contribution >= 0.6 is 0 Å². The van der Waals surface area contributed by atoms with Crippen LogP contribution in [-0.4, -0.2) is 29.4 Å². The van der Waals surface area contributed by atoms with E-state index in [2.05, 4.69) is 20.8 Å². The number of aromatic amines is 1. The predicted octanol–water partition coefficient (Wildman–Crippen LogP) is 3.61. The van der Waals surface area contributed by atoms with E-state index in [1.54, 1.807) is 24.3 Å². The first-order valence-corrected chi connectivity index (χ1v) is 8.69. The molecule has 4 rings (SSSR count). The van der Waals surface area contributed by atoms with Gasteiger partial charge in [0.2, 0.25) is 5.88 Å². The number of nitrogens with two attached hydrogens (primary N) is 1. The molecule has 0 bridgehead atoms. The molecule has 144 valence electrons. The van der Waals surface area contributed by atoms with E-state index in [0.717, 1.165) is 11.3 Å². The summed E-state index contributed by atoms with van der Waals surface area (Å²) in [6.45, 7) is 2.95. The molecule has 1 aromatic heterocycles. The molecule has 28 heavy (non-hydrogen) atoms. The van der Waals surface area contributed by atoms with Crippen LogP contribution in [0.3, 0.4) is 0 Å². The maximum Gasteiger partial charge on any atom is 0.323 e. The van der Waals surface area contributed by atoms with Gasteiger partial charge in [-0.25, -0.2) is 14.3 Å². The van der Waals surface area contributed by atoms with Gasteiger partial charge in [-0.1, -0.05) is 6.07 Å². The Balaban J connectivity index is 1.46. The summed E-state index contributed by atoms with van der Waals surface area (Å²) in [6, 6.07) is 11.2. The van der Waals surface area contributed by atoms with Crippen molar-refractivity contribution in [1.82, 2.24) is 10.2 Å². The van der Waals surface area contributed by atoms with Crippen molar-refractivity contribution in [2.24, 2.45) is 0 Å². The number of anilines is 5. The summed E-state index contributed by atoms with van der Waals surface area (Å²) in [4.78, 5) is 14.2. The third kappa shape index (κ3) is 3.41. The highest BCUT2D eigenvalue weighted by Gasteiger charge is 2.25. The maximum absolute atomic E-state index is 13.8. The number of H-pyrrole nitrogens is 1. The molecule has 3 aromatic rings. The average molecular weight is 382 g/mol. The number of amides is 2. The van der Waals surface area contributed by atoms with Crippen LogP contribution in [0.5, 0.6) is 5.88 Å². The third-order valence-electron chi connectivity index (χ3n) is 4.37. The Labute approximate surface area is 160 Å². The van der Waals surface area contributed by atoms with Crippen LogP contribution in [0.2, 0.25) is 0 Å². The molecule has 1 aliphatic heterocycles. The number of carbonyl (C=O) groups excluding carboxylic acids is 1. The molecule has 0 spiro atoms. The minimum atomic E-state index is -0.523. The van der Waals surface area contributed by atoms with E-state index in [-0.39, 0.29) is 5.69 Å². The van der Waals surface area contributed by atoms with E-state index in [9.17, 15) is 9.18 Å². The molecule has 2 aromatic carbocycles. The molecule has 0 saturated carbocycles. The number of halogens is 1. The molecule has 0 radical (unpaired) electrons. The number of rotatable bonds is 3. The fourth-order valence-electron chi connectivity index (χ4n) is 3.05. The van der Waals surface area contributed by atoms with Crippen LogP contribution in [0.25, 0.3) is 0 Å². The summed E-state index contributed by atoms with van der Waals surface area (Å²) in [5, 5.41) is 11.9. The van der Waals surface area contributed by atoms with Crippen LogP contribution in [0.4, 0.5) is 37.8 Å². The SMILES string of the molecule is Cc1ccc(F)c(NC(=O)Nc2ccc(N3CCOc4[nH]nc(N)c43)cc2)c1. The first-order chi connectivity index (χ1) is 13.5. The number of nitrogens with one attached hydrogen (secondary N) is 3. The van der Waals surface area contributed by atoms with Gasteiger partial charge in [0.15, 0.2) is 5.82 Å². The van der Waals surface area contributed by atoms with Gasteiger partial charge in [0, 0.05) is 11.4 Å². The van der Waals surface area contributed by atoms with Crippen LogP contribution in [-0.2, 0) is 0 Å². The summed E-state index contributed by atoms with van der Waals surface area (Å²) in [5.41, 5.74) is 9.05.